The van der Waals surface area contributed by atoms with Gasteiger partial charge in [0.1, 0.15) is 12.6 Å². The molecule has 0 radical (unpaired) electrons. The smallest absolute Gasteiger partial charge is 0.408 e. The maximum Gasteiger partial charge on any atom is 0.408 e. The summed E-state index contributed by atoms with van der Waals surface area (Å²) in [6, 6.07) is 6.48. The Morgan fingerprint density at radius 3 is 2.53 bits per heavy atom. The van der Waals surface area contributed by atoms with Crippen molar-refractivity contribution in [2.24, 2.45) is 0 Å². The van der Waals surface area contributed by atoms with E-state index in [0.717, 1.165) is 11.3 Å². The van der Waals surface area contributed by atoms with E-state index in [2.05, 4.69) is 10.1 Å². The summed E-state index contributed by atoms with van der Waals surface area (Å²) in [6.45, 7) is -1.28. The van der Waals surface area contributed by atoms with Crippen molar-refractivity contribution in [3.63, 3.8) is 0 Å². The Morgan fingerprint density at radius 1 is 1.19 bits per heavy atom. The maximum atomic E-state index is 15.0. The van der Waals surface area contributed by atoms with Gasteiger partial charge in [-0.05, 0) is 36.4 Å². The van der Waals surface area contributed by atoms with Crippen LogP contribution < -0.4 is 20.7 Å². The van der Waals surface area contributed by atoms with Gasteiger partial charge in [0.15, 0.2) is 6.61 Å². The van der Waals surface area contributed by atoms with Gasteiger partial charge < -0.3 is 25.0 Å². The second-order valence-corrected chi connectivity index (χ2v) is 8.95. The highest BCUT2D eigenvalue weighted by Gasteiger charge is 2.30. The van der Waals surface area contributed by atoms with Crippen molar-refractivity contribution in [1.29, 1.82) is 0 Å². The van der Waals surface area contributed by atoms with E-state index in [1.165, 1.54) is 41.3 Å². The minimum absolute atomic E-state index is 0.0894. The zero-order chi connectivity index (χ0) is 26.2. The van der Waals surface area contributed by atoms with Crippen LogP contribution in [0.2, 0.25) is 4.34 Å². The molecule has 194 valence electrons. The van der Waals surface area contributed by atoms with Crippen molar-refractivity contribution in [2.45, 2.75) is 12.5 Å². The zero-order valence-electron chi connectivity index (χ0n) is 18.4. The van der Waals surface area contributed by atoms with Crippen molar-refractivity contribution in [2.75, 3.05) is 42.9 Å². The molecule has 15 heteroatoms. The molecule has 1 saturated heterocycles. The lowest BCUT2D eigenvalue weighted by Crippen LogP contribution is -2.52. The van der Waals surface area contributed by atoms with Crippen molar-refractivity contribution in [3.8, 4) is 0 Å². The van der Waals surface area contributed by atoms with E-state index in [0.29, 0.717) is 23.2 Å². The Hall–Kier alpha value is -3.36. The van der Waals surface area contributed by atoms with Gasteiger partial charge in [-0.15, -0.1) is 16.5 Å². The van der Waals surface area contributed by atoms with Gasteiger partial charge in [0.05, 0.1) is 21.5 Å². The molecule has 1 aliphatic heterocycles. The van der Waals surface area contributed by atoms with Crippen molar-refractivity contribution >= 4 is 58.1 Å². The van der Waals surface area contributed by atoms with Gasteiger partial charge in [0, 0.05) is 18.8 Å². The average Bonchev–Trinajstić information content (AvgIpc) is 3.31. The minimum atomic E-state index is -2.96. The molecule has 4 amide bonds. The second-order valence-electron chi connectivity index (χ2n) is 7.23. The van der Waals surface area contributed by atoms with E-state index < -0.39 is 43.5 Å². The Morgan fingerprint density at radius 2 is 1.92 bits per heavy atom. The summed E-state index contributed by atoms with van der Waals surface area (Å²) < 4.78 is 49.3. The van der Waals surface area contributed by atoms with Crippen LogP contribution in [-0.4, -0.2) is 69.2 Å². The van der Waals surface area contributed by atoms with Crippen LogP contribution in [0.1, 0.15) is 9.67 Å². The SMILES string of the molecule is O=C(N[C@@H](CNC(=O)c1ccc(Cl)s1)C(=O)N(F)c1ccc(N2CCOCC2=O)cc1)OCC(F)F. The molecule has 2 aromatic rings. The number of nitrogens with zero attached hydrogens (tertiary/aromatic N) is 2. The largest absolute Gasteiger partial charge is 0.443 e. The molecule has 0 unspecified atom stereocenters. The monoisotopic (exact) mass is 548 g/mol. The van der Waals surface area contributed by atoms with E-state index in [1.807, 2.05) is 5.32 Å². The number of anilines is 2. The van der Waals surface area contributed by atoms with Crippen LogP contribution in [0.4, 0.5) is 29.4 Å². The zero-order valence-corrected chi connectivity index (χ0v) is 20.0. The summed E-state index contributed by atoms with van der Waals surface area (Å²) in [4.78, 5) is 50.5. The summed E-state index contributed by atoms with van der Waals surface area (Å²) >= 11 is 6.74. The van der Waals surface area contributed by atoms with Crippen LogP contribution in [0.3, 0.4) is 0 Å². The van der Waals surface area contributed by atoms with Gasteiger partial charge in [0.25, 0.3) is 24.1 Å². The number of benzene rings is 1. The molecule has 36 heavy (non-hydrogen) atoms. The van der Waals surface area contributed by atoms with E-state index in [9.17, 15) is 32.4 Å². The van der Waals surface area contributed by atoms with Gasteiger partial charge in [0.2, 0.25) is 0 Å². The average molecular weight is 549 g/mol. The number of hydrogen-bond acceptors (Lipinski definition) is 7. The third kappa shape index (κ3) is 7.32. The standard InChI is InChI=1S/C21H20ClF3N4O6S/c22-16-6-5-15(36-16)19(31)26-9-14(27-21(33)35-10-17(23)24)20(32)29(25)13-3-1-12(2-4-13)28-7-8-34-11-18(28)30/h1-6,14,17H,7-11H2,(H,26,31)(H,27,33)/t14-/m0/s1. The van der Waals surface area contributed by atoms with Crippen molar-refractivity contribution in [3.05, 3.63) is 45.6 Å². The quantitative estimate of drug-likeness (QED) is 0.465. The fourth-order valence-corrected chi connectivity index (χ4v) is 4.02. The summed E-state index contributed by atoms with van der Waals surface area (Å²) in [5, 5.41) is 4.04. The van der Waals surface area contributed by atoms with E-state index >= 15 is 0 Å². The van der Waals surface area contributed by atoms with Gasteiger partial charge in [-0.2, -0.15) is 0 Å². The number of ether oxygens (including phenoxy) is 2. The van der Waals surface area contributed by atoms with Crippen LogP contribution in [0.25, 0.3) is 0 Å². The third-order valence-corrected chi connectivity index (χ3v) is 5.99. The Balaban J connectivity index is 1.70. The lowest BCUT2D eigenvalue weighted by Gasteiger charge is -2.27. The molecular formula is C21H20ClF3N4O6S. The van der Waals surface area contributed by atoms with Gasteiger partial charge in [-0.1, -0.05) is 16.1 Å². The molecule has 0 bridgehead atoms. The van der Waals surface area contributed by atoms with Crippen molar-refractivity contribution < 1.29 is 41.9 Å². The maximum absolute atomic E-state index is 15.0. The number of carbonyl (C=O) groups is 4. The van der Waals surface area contributed by atoms with E-state index in [-0.39, 0.29) is 28.2 Å². The predicted molar refractivity (Wildman–Crippen MR) is 124 cm³/mol. The Kier molecular flexibility index (Phi) is 9.50. The molecule has 1 aromatic carbocycles. The summed E-state index contributed by atoms with van der Waals surface area (Å²) in [5.41, 5.74) is 0.216. The first kappa shape index (κ1) is 27.2. The number of halogens is 4. The molecule has 2 heterocycles. The summed E-state index contributed by atoms with van der Waals surface area (Å²) in [7, 11) is 0. The third-order valence-electron chi connectivity index (χ3n) is 4.76. The highest BCUT2D eigenvalue weighted by molar-refractivity contribution is 7.18. The highest BCUT2D eigenvalue weighted by atomic mass is 35.5. The Bertz CT molecular complexity index is 1100. The van der Waals surface area contributed by atoms with Crippen LogP contribution >= 0.6 is 22.9 Å². The molecule has 0 aliphatic carbocycles. The van der Waals surface area contributed by atoms with Crippen LogP contribution in [0.15, 0.2) is 36.4 Å². The number of nitrogens with one attached hydrogen (secondary N) is 2. The highest BCUT2D eigenvalue weighted by Crippen LogP contribution is 2.23. The first-order valence-electron chi connectivity index (χ1n) is 10.4. The molecule has 1 aromatic heterocycles. The van der Waals surface area contributed by atoms with Gasteiger partial charge in [-0.3, -0.25) is 14.4 Å². The minimum Gasteiger partial charge on any atom is -0.443 e. The number of rotatable bonds is 9. The first-order valence-corrected chi connectivity index (χ1v) is 11.6. The normalized spacial score (nSPS) is 14.4. The number of thiophene rings is 1. The second kappa shape index (κ2) is 12.6. The lowest BCUT2D eigenvalue weighted by molar-refractivity contribution is -0.125. The van der Waals surface area contributed by atoms with E-state index in [1.54, 1.807) is 0 Å². The molecule has 10 nitrogen and oxygen atoms in total. The van der Waals surface area contributed by atoms with Crippen LogP contribution in [0, 0.1) is 0 Å². The number of morpholine rings is 1. The number of alkyl carbamates (subject to hydrolysis) is 1. The predicted octanol–water partition coefficient (Wildman–Crippen LogP) is 2.77. The molecule has 1 aliphatic rings. The molecule has 1 atom stereocenters. The Labute approximate surface area is 211 Å². The molecule has 3 rings (SSSR count). The van der Waals surface area contributed by atoms with Crippen molar-refractivity contribution in [1.82, 2.24) is 10.6 Å². The fourth-order valence-electron chi connectivity index (χ4n) is 3.06. The lowest BCUT2D eigenvalue weighted by atomic mass is 10.2. The van der Waals surface area contributed by atoms with E-state index in [4.69, 9.17) is 16.3 Å². The van der Waals surface area contributed by atoms with Crippen LogP contribution in [0.5, 0.6) is 0 Å². The van der Waals surface area contributed by atoms with Crippen LogP contribution in [-0.2, 0) is 19.1 Å². The number of carbonyl (C=O) groups excluding carboxylic acids is 4. The fraction of sp³-hybridized carbons (Fsp3) is 0.333. The molecule has 2 N–H and O–H groups in total. The first-order chi connectivity index (χ1) is 17.2. The number of amides is 4. The molecule has 0 spiro atoms. The molecule has 0 saturated carbocycles. The summed E-state index contributed by atoms with van der Waals surface area (Å²) in [5.74, 6) is -2.25. The number of alkyl halides is 2. The molecular weight excluding hydrogens is 529 g/mol. The van der Waals surface area contributed by atoms with Gasteiger partial charge in [-0.25, -0.2) is 13.6 Å². The number of hydrogen-bond donors (Lipinski definition) is 2. The summed E-state index contributed by atoms with van der Waals surface area (Å²) in [6.07, 6.45) is -4.36. The topological polar surface area (TPSA) is 117 Å². The van der Waals surface area contributed by atoms with Gasteiger partial charge >= 0.3 is 6.09 Å². The molecule has 1 fully saturated rings.